The summed E-state index contributed by atoms with van der Waals surface area (Å²) < 4.78 is 22.5. The van der Waals surface area contributed by atoms with Gasteiger partial charge in [-0.25, -0.2) is 13.6 Å². The van der Waals surface area contributed by atoms with Crippen molar-refractivity contribution in [2.24, 2.45) is 5.14 Å². The SMILES string of the molecule is CN(Cc1ccsc1)c1ccc(S(N)(=O)=O)cc1N. The largest absolute Gasteiger partial charge is 0.397 e. The number of thiophene rings is 1. The smallest absolute Gasteiger partial charge is 0.238 e. The van der Waals surface area contributed by atoms with E-state index in [9.17, 15) is 8.42 Å². The highest BCUT2D eigenvalue weighted by Crippen LogP contribution is 2.26. The van der Waals surface area contributed by atoms with Gasteiger partial charge in [0, 0.05) is 13.6 Å². The van der Waals surface area contributed by atoms with Crippen molar-refractivity contribution >= 4 is 32.7 Å². The standard InChI is InChI=1S/C12H15N3O2S2/c1-15(7-9-4-5-18-8-9)12-3-2-10(6-11(12)13)19(14,16)17/h2-6,8H,7,13H2,1H3,(H2,14,16,17). The lowest BCUT2D eigenvalue weighted by molar-refractivity contribution is 0.598. The van der Waals surface area contributed by atoms with Crippen LogP contribution in [0.2, 0.25) is 0 Å². The number of hydrogen-bond donors (Lipinski definition) is 2. The van der Waals surface area contributed by atoms with Crippen molar-refractivity contribution in [2.45, 2.75) is 11.4 Å². The first kappa shape index (κ1) is 13.9. The van der Waals surface area contributed by atoms with E-state index in [1.165, 1.54) is 17.7 Å². The molecule has 0 radical (unpaired) electrons. The van der Waals surface area contributed by atoms with Crippen LogP contribution in [0, 0.1) is 0 Å². The van der Waals surface area contributed by atoms with E-state index in [4.69, 9.17) is 10.9 Å². The van der Waals surface area contributed by atoms with Crippen molar-refractivity contribution in [3.63, 3.8) is 0 Å². The van der Waals surface area contributed by atoms with Gasteiger partial charge in [-0.05, 0) is 40.6 Å². The highest BCUT2D eigenvalue weighted by molar-refractivity contribution is 7.89. The van der Waals surface area contributed by atoms with Gasteiger partial charge in [0.05, 0.1) is 16.3 Å². The maximum atomic E-state index is 11.2. The van der Waals surface area contributed by atoms with Gasteiger partial charge in [0.25, 0.3) is 0 Å². The maximum Gasteiger partial charge on any atom is 0.238 e. The molecule has 0 aliphatic heterocycles. The van der Waals surface area contributed by atoms with Crippen LogP contribution in [-0.2, 0) is 16.6 Å². The predicted octanol–water partition coefficient (Wildman–Crippen LogP) is 1.61. The second-order valence-corrected chi connectivity index (χ2v) is 6.59. The molecular formula is C12H15N3O2S2. The van der Waals surface area contributed by atoms with E-state index in [1.54, 1.807) is 17.4 Å². The van der Waals surface area contributed by atoms with E-state index in [0.717, 1.165) is 5.69 Å². The number of nitrogen functional groups attached to an aromatic ring is 1. The molecule has 7 heteroatoms. The molecule has 1 aromatic carbocycles. The zero-order valence-electron chi connectivity index (χ0n) is 10.4. The lowest BCUT2D eigenvalue weighted by Gasteiger charge is -2.21. The van der Waals surface area contributed by atoms with E-state index >= 15 is 0 Å². The van der Waals surface area contributed by atoms with Crippen LogP contribution in [0.3, 0.4) is 0 Å². The molecule has 2 aromatic rings. The summed E-state index contributed by atoms with van der Waals surface area (Å²) in [4.78, 5) is 1.99. The first-order valence-corrected chi connectivity index (χ1v) is 8.01. The summed E-state index contributed by atoms with van der Waals surface area (Å²) in [6.07, 6.45) is 0. The molecule has 5 nitrogen and oxygen atoms in total. The molecule has 0 amide bonds. The molecule has 1 heterocycles. The lowest BCUT2D eigenvalue weighted by Crippen LogP contribution is -2.18. The Morgan fingerprint density at radius 3 is 2.58 bits per heavy atom. The van der Waals surface area contributed by atoms with Crippen molar-refractivity contribution in [1.29, 1.82) is 0 Å². The Bertz CT molecular complexity index is 666. The van der Waals surface area contributed by atoms with Crippen LogP contribution in [0.25, 0.3) is 0 Å². The Labute approximate surface area is 116 Å². The Morgan fingerprint density at radius 1 is 1.32 bits per heavy atom. The summed E-state index contributed by atoms with van der Waals surface area (Å²) in [5.41, 5.74) is 8.24. The average molecular weight is 297 g/mol. The van der Waals surface area contributed by atoms with Crippen molar-refractivity contribution < 1.29 is 8.42 Å². The first-order chi connectivity index (χ1) is 8.88. The molecular weight excluding hydrogens is 282 g/mol. The summed E-state index contributed by atoms with van der Waals surface area (Å²) in [7, 11) is -1.81. The van der Waals surface area contributed by atoms with E-state index in [-0.39, 0.29) is 4.90 Å². The number of nitrogens with two attached hydrogens (primary N) is 2. The zero-order chi connectivity index (χ0) is 14.0. The third-order valence-electron chi connectivity index (χ3n) is 2.74. The van der Waals surface area contributed by atoms with Crippen LogP contribution < -0.4 is 15.8 Å². The van der Waals surface area contributed by atoms with Crippen LogP contribution in [0.4, 0.5) is 11.4 Å². The van der Waals surface area contributed by atoms with Crippen LogP contribution >= 0.6 is 11.3 Å². The van der Waals surface area contributed by atoms with Gasteiger partial charge >= 0.3 is 0 Å². The fourth-order valence-corrected chi connectivity index (χ4v) is 3.01. The van der Waals surface area contributed by atoms with Crippen LogP contribution in [0.15, 0.2) is 39.9 Å². The van der Waals surface area contributed by atoms with Gasteiger partial charge in [0.15, 0.2) is 0 Å². The number of anilines is 2. The number of hydrogen-bond acceptors (Lipinski definition) is 5. The quantitative estimate of drug-likeness (QED) is 0.839. The second-order valence-electron chi connectivity index (χ2n) is 4.25. The molecule has 0 aliphatic rings. The summed E-state index contributed by atoms with van der Waals surface area (Å²) in [6, 6.07) is 6.55. The minimum absolute atomic E-state index is 0.0256. The van der Waals surface area contributed by atoms with Gasteiger partial charge in [0.2, 0.25) is 10.0 Å². The molecule has 0 unspecified atom stereocenters. The van der Waals surface area contributed by atoms with Crippen molar-refractivity contribution in [3.05, 3.63) is 40.6 Å². The summed E-state index contributed by atoms with van der Waals surface area (Å²) in [5.74, 6) is 0. The molecule has 0 fully saturated rings. The van der Waals surface area contributed by atoms with Crippen molar-refractivity contribution in [1.82, 2.24) is 0 Å². The Hall–Kier alpha value is -1.57. The Balaban J connectivity index is 2.26. The van der Waals surface area contributed by atoms with Gasteiger partial charge in [-0.1, -0.05) is 0 Å². The molecule has 102 valence electrons. The number of benzene rings is 1. The highest BCUT2D eigenvalue weighted by Gasteiger charge is 2.12. The van der Waals surface area contributed by atoms with Gasteiger partial charge in [-0.15, -0.1) is 0 Å². The number of primary sulfonamides is 1. The molecule has 4 N–H and O–H groups in total. The van der Waals surface area contributed by atoms with Gasteiger partial charge < -0.3 is 10.6 Å². The monoisotopic (exact) mass is 297 g/mol. The van der Waals surface area contributed by atoms with Crippen LogP contribution in [0.1, 0.15) is 5.56 Å². The molecule has 0 aliphatic carbocycles. The summed E-state index contributed by atoms with van der Waals surface area (Å²) >= 11 is 1.63. The van der Waals surface area contributed by atoms with Crippen LogP contribution in [0.5, 0.6) is 0 Å². The van der Waals surface area contributed by atoms with Crippen LogP contribution in [-0.4, -0.2) is 15.5 Å². The molecule has 0 bridgehead atoms. The van der Waals surface area contributed by atoms with E-state index < -0.39 is 10.0 Å². The van der Waals surface area contributed by atoms with Crippen molar-refractivity contribution in [2.75, 3.05) is 17.7 Å². The number of sulfonamides is 1. The minimum Gasteiger partial charge on any atom is -0.397 e. The molecule has 2 rings (SSSR count). The number of rotatable bonds is 4. The molecule has 0 saturated carbocycles. The number of nitrogens with zero attached hydrogens (tertiary/aromatic N) is 1. The Morgan fingerprint density at radius 2 is 2.05 bits per heavy atom. The topological polar surface area (TPSA) is 89.4 Å². The predicted molar refractivity (Wildman–Crippen MR) is 78.7 cm³/mol. The van der Waals surface area contributed by atoms with Gasteiger partial charge in [-0.3, -0.25) is 0 Å². The van der Waals surface area contributed by atoms with Crippen molar-refractivity contribution in [3.8, 4) is 0 Å². The molecule has 0 spiro atoms. The molecule has 1 aromatic heterocycles. The second kappa shape index (κ2) is 5.20. The van der Waals surface area contributed by atoms with E-state index in [1.807, 2.05) is 23.4 Å². The fraction of sp³-hybridized carbons (Fsp3) is 0.167. The van der Waals surface area contributed by atoms with E-state index in [2.05, 4.69) is 5.38 Å². The molecule has 0 saturated heterocycles. The molecule has 0 atom stereocenters. The highest BCUT2D eigenvalue weighted by atomic mass is 32.2. The lowest BCUT2D eigenvalue weighted by atomic mass is 10.2. The normalized spacial score (nSPS) is 11.5. The third kappa shape index (κ3) is 3.25. The fourth-order valence-electron chi connectivity index (χ4n) is 1.80. The Kier molecular flexibility index (Phi) is 3.79. The first-order valence-electron chi connectivity index (χ1n) is 5.52. The zero-order valence-corrected chi connectivity index (χ0v) is 12.0. The average Bonchev–Trinajstić information content (AvgIpc) is 2.80. The molecule has 19 heavy (non-hydrogen) atoms. The van der Waals surface area contributed by atoms with E-state index in [0.29, 0.717) is 12.2 Å². The van der Waals surface area contributed by atoms with Gasteiger partial charge in [0.1, 0.15) is 0 Å². The summed E-state index contributed by atoms with van der Waals surface area (Å²) in [5, 5.41) is 9.14. The summed E-state index contributed by atoms with van der Waals surface area (Å²) in [6.45, 7) is 0.711. The van der Waals surface area contributed by atoms with Gasteiger partial charge in [-0.2, -0.15) is 11.3 Å². The maximum absolute atomic E-state index is 11.2. The third-order valence-corrected chi connectivity index (χ3v) is 4.38. The minimum atomic E-state index is -3.71.